The Labute approximate surface area is 179 Å². The average Bonchev–Trinajstić information content (AvgIpc) is 3.13. The maximum Gasteiger partial charge on any atom is 0.296 e. The van der Waals surface area contributed by atoms with Gasteiger partial charge in [0.25, 0.3) is 5.56 Å². The van der Waals surface area contributed by atoms with Crippen molar-refractivity contribution in [3.63, 3.8) is 0 Å². The monoisotopic (exact) mass is 429 g/mol. The van der Waals surface area contributed by atoms with Crippen LogP contribution in [0.3, 0.4) is 0 Å². The number of aromatic nitrogens is 3. The molecule has 3 aromatic rings. The number of hydrogen-bond acceptors (Lipinski definition) is 6. The fraction of sp³-hybridized carbons (Fsp3) is 0.429. The van der Waals surface area contributed by atoms with Crippen molar-refractivity contribution in [2.75, 3.05) is 31.1 Å². The molecule has 4 rings (SSSR count). The van der Waals surface area contributed by atoms with Gasteiger partial charge in [-0.05, 0) is 38.5 Å². The first-order chi connectivity index (χ1) is 14.3. The summed E-state index contributed by atoms with van der Waals surface area (Å²) in [6.45, 7) is 8.59. The molecule has 0 aliphatic carbocycles. The van der Waals surface area contributed by atoms with Crippen LogP contribution in [0.2, 0.25) is 5.02 Å². The Kier molecular flexibility index (Phi) is 5.51. The number of nitrogens with zero attached hydrogens (tertiary/aromatic N) is 5. The topological polar surface area (TPSA) is 84.5 Å². The molecule has 1 saturated heterocycles. The Balaban J connectivity index is 1.39. The summed E-state index contributed by atoms with van der Waals surface area (Å²) >= 11 is 6.14. The van der Waals surface area contributed by atoms with Crippen molar-refractivity contribution < 1.29 is 9.32 Å². The van der Waals surface area contributed by atoms with Crippen LogP contribution in [0.1, 0.15) is 23.4 Å². The van der Waals surface area contributed by atoms with Crippen LogP contribution < -0.4 is 10.5 Å². The van der Waals surface area contributed by atoms with Crippen LogP contribution in [-0.4, -0.2) is 51.9 Å². The predicted molar refractivity (Wildman–Crippen MR) is 115 cm³/mol. The Hall–Kier alpha value is -2.87. The van der Waals surface area contributed by atoms with Crippen molar-refractivity contribution in [1.29, 1.82) is 0 Å². The molecule has 0 unspecified atom stereocenters. The lowest BCUT2D eigenvalue weighted by Crippen LogP contribution is -2.49. The number of rotatable bonds is 4. The molecule has 0 atom stereocenters. The fourth-order valence-electron chi connectivity index (χ4n) is 3.97. The van der Waals surface area contributed by atoms with Crippen LogP contribution >= 0.6 is 11.6 Å². The highest BCUT2D eigenvalue weighted by molar-refractivity contribution is 6.30. The maximum absolute atomic E-state index is 12.7. The molecule has 1 aliphatic heterocycles. The lowest BCUT2D eigenvalue weighted by molar-refractivity contribution is -0.131. The highest BCUT2D eigenvalue weighted by Gasteiger charge is 2.23. The number of halogens is 1. The molecule has 9 heteroatoms. The molecule has 0 radical (unpaired) electrons. The lowest BCUT2D eigenvalue weighted by atomic mass is 10.1. The number of fused-ring (bicyclic) bond motifs is 1. The van der Waals surface area contributed by atoms with Gasteiger partial charge in [-0.15, -0.1) is 0 Å². The first-order valence-electron chi connectivity index (χ1n) is 9.97. The number of piperazine rings is 1. The summed E-state index contributed by atoms with van der Waals surface area (Å²) < 4.78 is 6.43. The average molecular weight is 430 g/mol. The van der Waals surface area contributed by atoms with Crippen molar-refractivity contribution in [3.05, 3.63) is 50.6 Å². The number of benzene rings is 1. The molecule has 30 heavy (non-hydrogen) atoms. The zero-order chi connectivity index (χ0) is 21.4. The summed E-state index contributed by atoms with van der Waals surface area (Å²) in [7, 11) is 0. The van der Waals surface area contributed by atoms with Crippen LogP contribution in [0.5, 0.6) is 0 Å². The number of anilines is 1. The summed E-state index contributed by atoms with van der Waals surface area (Å²) in [5.41, 5.74) is 2.87. The standard InChI is InChI=1S/C21H24ClN5O3/c1-13-4-5-16(22)12-17(13)25-8-10-26(11-9-25)18(28)6-7-27-21(29)20-19(14(2)23-27)15(3)30-24-20/h4-5,12H,6-11H2,1-3H3. The normalized spacial score (nSPS) is 14.5. The zero-order valence-electron chi connectivity index (χ0n) is 17.3. The molecule has 1 amide bonds. The van der Waals surface area contributed by atoms with Gasteiger partial charge in [-0.2, -0.15) is 5.10 Å². The van der Waals surface area contributed by atoms with Gasteiger partial charge < -0.3 is 14.3 Å². The highest BCUT2D eigenvalue weighted by atomic mass is 35.5. The smallest absolute Gasteiger partial charge is 0.296 e. The van der Waals surface area contributed by atoms with E-state index in [-0.39, 0.29) is 29.9 Å². The quantitative estimate of drug-likeness (QED) is 0.634. The molecule has 3 heterocycles. The molecular weight excluding hydrogens is 406 g/mol. The summed E-state index contributed by atoms with van der Waals surface area (Å²) in [4.78, 5) is 29.4. The maximum atomic E-state index is 12.7. The first-order valence-corrected chi connectivity index (χ1v) is 10.4. The van der Waals surface area contributed by atoms with Crippen molar-refractivity contribution in [1.82, 2.24) is 19.8 Å². The number of carbonyl (C=O) groups is 1. The van der Waals surface area contributed by atoms with Gasteiger partial charge in [0.15, 0.2) is 5.52 Å². The third kappa shape index (κ3) is 3.79. The fourth-order valence-corrected chi connectivity index (χ4v) is 4.14. The molecule has 1 aromatic carbocycles. The van der Waals surface area contributed by atoms with Gasteiger partial charge in [-0.3, -0.25) is 9.59 Å². The van der Waals surface area contributed by atoms with Crippen LogP contribution in [0.4, 0.5) is 5.69 Å². The summed E-state index contributed by atoms with van der Waals surface area (Å²) in [6, 6.07) is 5.86. The van der Waals surface area contributed by atoms with Gasteiger partial charge >= 0.3 is 0 Å². The van der Waals surface area contributed by atoms with Gasteiger partial charge in [0.05, 0.1) is 17.6 Å². The van der Waals surface area contributed by atoms with Gasteiger partial charge in [-0.25, -0.2) is 4.68 Å². The molecule has 0 N–H and O–H groups in total. The second-order valence-electron chi connectivity index (χ2n) is 7.62. The summed E-state index contributed by atoms with van der Waals surface area (Å²) in [5, 5.41) is 9.54. The van der Waals surface area contributed by atoms with Gasteiger partial charge in [0.1, 0.15) is 5.76 Å². The molecule has 0 spiro atoms. The predicted octanol–water partition coefficient (Wildman–Crippen LogP) is 2.70. The SMILES string of the molecule is Cc1ccc(Cl)cc1N1CCN(C(=O)CCn2nc(C)c3c(C)onc3c2=O)CC1. The molecule has 8 nitrogen and oxygen atoms in total. The Bertz CT molecular complexity index is 1160. The molecule has 0 saturated carbocycles. The van der Waals surface area contributed by atoms with E-state index < -0.39 is 0 Å². The van der Waals surface area contributed by atoms with E-state index in [1.165, 1.54) is 10.2 Å². The van der Waals surface area contributed by atoms with E-state index in [4.69, 9.17) is 16.1 Å². The van der Waals surface area contributed by atoms with E-state index in [9.17, 15) is 9.59 Å². The van der Waals surface area contributed by atoms with E-state index in [1.807, 2.05) is 23.1 Å². The molecule has 1 fully saturated rings. The van der Waals surface area contributed by atoms with Crippen LogP contribution in [0.25, 0.3) is 10.9 Å². The first kappa shape index (κ1) is 20.4. The number of carbonyl (C=O) groups excluding carboxylic acids is 1. The molecular formula is C21H24ClN5O3. The van der Waals surface area contributed by atoms with E-state index in [0.717, 1.165) is 18.8 Å². The van der Waals surface area contributed by atoms with Crippen molar-refractivity contribution >= 4 is 34.1 Å². The molecule has 158 valence electrons. The van der Waals surface area contributed by atoms with Crippen molar-refractivity contribution in [3.8, 4) is 0 Å². The van der Waals surface area contributed by atoms with E-state index in [2.05, 4.69) is 22.1 Å². The Morgan fingerprint density at radius 2 is 1.90 bits per heavy atom. The van der Waals surface area contributed by atoms with Crippen LogP contribution in [-0.2, 0) is 11.3 Å². The minimum atomic E-state index is -0.332. The van der Waals surface area contributed by atoms with Gasteiger partial charge in [0, 0.05) is 43.3 Å². The number of aryl methyl sites for hydroxylation is 4. The Morgan fingerprint density at radius 1 is 1.17 bits per heavy atom. The van der Waals surface area contributed by atoms with E-state index in [1.54, 1.807) is 13.8 Å². The van der Waals surface area contributed by atoms with Crippen molar-refractivity contribution in [2.45, 2.75) is 33.7 Å². The molecule has 1 aliphatic rings. The van der Waals surface area contributed by atoms with Gasteiger partial charge in [0.2, 0.25) is 5.91 Å². The van der Waals surface area contributed by atoms with Gasteiger partial charge in [-0.1, -0.05) is 22.8 Å². The lowest BCUT2D eigenvalue weighted by Gasteiger charge is -2.37. The largest absolute Gasteiger partial charge is 0.368 e. The van der Waals surface area contributed by atoms with Crippen LogP contribution in [0, 0.1) is 20.8 Å². The summed E-state index contributed by atoms with van der Waals surface area (Å²) in [5.74, 6) is 0.586. The summed E-state index contributed by atoms with van der Waals surface area (Å²) in [6.07, 6.45) is 0.213. The zero-order valence-corrected chi connectivity index (χ0v) is 18.1. The van der Waals surface area contributed by atoms with E-state index in [0.29, 0.717) is 35.0 Å². The third-order valence-corrected chi connectivity index (χ3v) is 5.85. The number of hydrogen-bond donors (Lipinski definition) is 0. The third-order valence-electron chi connectivity index (χ3n) is 5.61. The molecule has 2 aromatic heterocycles. The van der Waals surface area contributed by atoms with Crippen LogP contribution in [0.15, 0.2) is 27.5 Å². The highest BCUT2D eigenvalue weighted by Crippen LogP contribution is 2.25. The second kappa shape index (κ2) is 8.10. The second-order valence-corrected chi connectivity index (χ2v) is 8.06. The Morgan fingerprint density at radius 3 is 2.63 bits per heavy atom. The minimum absolute atomic E-state index is 0.0141. The number of amides is 1. The van der Waals surface area contributed by atoms with Crippen molar-refractivity contribution in [2.24, 2.45) is 0 Å². The minimum Gasteiger partial charge on any atom is -0.368 e. The molecule has 0 bridgehead atoms. The van der Waals surface area contributed by atoms with E-state index >= 15 is 0 Å².